The first-order valence-electron chi connectivity index (χ1n) is 6.03. The van der Waals surface area contributed by atoms with Crippen LogP contribution in [0.5, 0.6) is 0 Å². The number of rotatable bonds is 3. The van der Waals surface area contributed by atoms with Gasteiger partial charge < -0.3 is 5.32 Å². The Labute approximate surface area is 109 Å². The molecular weight excluding hydrogens is 249 g/mol. The van der Waals surface area contributed by atoms with Crippen molar-refractivity contribution in [3.8, 4) is 0 Å². The fourth-order valence-corrected chi connectivity index (χ4v) is 2.97. The summed E-state index contributed by atoms with van der Waals surface area (Å²) in [7, 11) is 0. The molecule has 0 saturated heterocycles. The minimum absolute atomic E-state index is 0.149. The summed E-state index contributed by atoms with van der Waals surface area (Å²) >= 11 is 1.57. The third kappa shape index (κ3) is 2.36. The highest BCUT2D eigenvalue weighted by Gasteiger charge is 2.30. The van der Waals surface area contributed by atoms with E-state index in [2.05, 4.69) is 15.5 Å². The third-order valence-corrected chi connectivity index (χ3v) is 4.08. The lowest BCUT2D eigenvalue weighted by Crippen LogP contribution is -2.34. The smallest absolute Gasteiger partial charge is 0.205 e. The number of anilines is 1. The molecule has 1 aliphatic carbocycles. The summed E-state index contributed by atoms with van der Waals surface area (Å²) in [6, 6.07) is 7.34. The normalized spacial score (nSPS) is 22.6. The van der Waals surface area contributed by atoms with Crippen LogP contribution in [0.4, 0.5) is 9.52 Å². The van der Waals surface area contributed by atoms with Gasteiger partial charge in [-0.05, 0) is 43.4 Å². The van der Waals surface area contributed by atoms with E-state index in [0.717, 1.165) is 28.5 Å². The lowest BCUT2D eigenvalue weighted by molar-refractivity contribution is 0.372. The molecule has 0 radical (unpaired) electrons. The van der Waals surface area contributed by atoms with Crippen molar-refractivity contribution in [2.24, 2.45) is 0 Å². The Morgan fingerprint density at radius 3 is 2.83 bits per heavy atom. The molecule has 18 heavy (non-hydrogen) atoms. The second kappa shape index (κ2) is 4.65. The van der Waals surface area contributed by atoms with Crippen molar-refractivity contribution in [3.05, 3.63) is 40.7 Å². The molecule has 3 rings (SSSR count). The maximum Gasteiger partial charge on any atom is 0.205 e. The van der Waals surface area contributed by atoms with Crippen LogP contribution >= 0.6 is 11.3 Å². The number of benzene rings is 1. The van der Waals surface area contributed by atoms with Crippen LogP contribution in [0.2, 0.25) is 0 Å². The fourth-order valence-electron chi connectivity index (χ4n) is 2.30. The summed E-state index contributed by atoms with van der Waals surface area (Å²) < 4.78 is 13.1. The monoisotopic (exact) mass is 263 g/mol. The van der Waals surface area contributed by atoms with E-state index in [4.69, 9.17) is 0 Å². The summed E-state index contributed by atoms with van der Waals surface area (Å²) in [5.74, 6) is 0.316. The van der Waals surface area contributed by atoms with E-state index in [1.165, 1.54) is 6.07 Å². The second-order valence-corrected chi connectivity index (χ2v) is 5.87. The molecule has 5 heteroatoms. The topological polar surface area (TPSA) is 37.8 Å². The number of halogens is 1. The molecule has 2 aromatic rings. The molecule has 0 amide bonds. The Kier molecular flexibility index (Phi) is 2.99. The lowest BCUT2D eigenvalue weighted by atomic mass is 9.76. The molecule has 0 bridgehead atoms. The van der Waals surface area contributed by atoms with Gasteiger partial charge in [0.25, 0.3) is 0 Å². The molecule has 1 aromatic carbocycles. The molecule has 0 spiro atoms. The van der Waals surface area contributed by atoms with Crippen LogP contribution in [-0.4, -0.2) is 16.2 Å². The number of hydrogen-bond acceptors (Lipinski definition) is 4. The van der Waals surface area contributed by atoms with Gasteiger partial charge in [-0.3, -0.25) is 0 Å². The molecule has 0 unspecified atom stereocenters. The standard InChI is InChI=1S/C13H14FN3S/c1-8-16-17-13(18-8)15-12-6-10(7-12)9-3-2-4-11(14)5-9/h2-5,10,12H,6-7H2,1H3,(H,15,17). The van der Waals surface area contributed by atoms with Crippen molar-refractivity contribution in [2.75, 3.05) is 5.32 Å². The average Bonchev–Trinajstić information content (AvgIpc) is 2.69. The molecule has 1 aliphatic rings. The first kappa shape index (κ1) is 11.6. The van der Waals surface area contributed by atoms with E-state index in [9.17, 15) is 4.39 Å². The fraction of sp³-hybridized carbons (Fsp3) is 0.385. The van der Waals surface area contributed by atoms with Crippen LogP contribution < -0.4 is 5.32 Å². The zero-order valence-corrected chi connectivity index (χ0v) is 10.9. The maximum absolute atomic E-state index is 13.1. The quantitative estimate of drug-likeness (QED) is 0.923. The predicted octanol–water partition coefficient (Wildman–Crippen LogP) is 3.34. The van der Waals surface area contributed by atoms with Crippen LogP contribution in [-0.2, 0) is 0 Å². The zero-order chi connectivity index (χ0) is 12.5. The van der Waals surface area contributed by atoms with E-state index in [1.54, 1.807) is 23.5 Å². The van der Waals surface area contributed by atoms with Crippen molar-refractivity contribution < 1.29 is 4.39 Å². The van der Waals surface area contributed by atoms with Crippen LogP contribution in [0, 0.1) is 12.7 Å². The van der Waals surface area contributed by atoms with Crippen LogP contribution in [0.1, 0.15) is 29.3 Å². The van der Waals surface area contributed by atoms with Crippen molar-refractivity contribution in [2.45, 2.75) is 31.7 Å². The van der Waals surface area contributed by atoms with Gasteiger partial charge in [-0.25, -0.2) is 4.39 Å². The molecule has 1 saturated carbocycles. The molecule has 1 N–H and O–H groups in total. The Hall–Kier alpha value is -1.49. The van der Waals surface area contributed by atoms with E-state index >= 15 is 0 Å². The SMILES string of the molecule is Cc1nnc(NC2CC(c3cccc(F)c3)C2)s1. The van der Waals surface area contributed by atoms with E-state index in [1.807, 2.05) is 13.0 Å². The summed E-state index contributed by atoms with van der Waals surface area (Å²) in [4.78, 5) is 0. The third-order valence-electron chi connectivity index (χ3n) is 3.31. The second-order valence-electron chi connectivity index (χ2n) is 4.69. The molecule has 1 fully saturated rings. The Bertz CT molecular complexity index is 549. The Morgan fingerprint density at radius 2 is 2.17 bits per heavy atom. The summed E-state index contributed by atoms with van der Waals surface area (Å²) in [5.41, 5.74) is 1.10. The molecule has 0 atom stereocenters. The van der Waals surface area contributed by atoms with Crippen molar-refractivity contribution >= 4 is 16.5 Å². The summed E-state index contributed by atoms with van der Waals surface area (Å²) in [5, 5.41) is 13.2. The van der Waals surface area contributed by atoms with Gasteiger partial charge in [-0.1, -0.05) is 23.5 Å². The van der Waals surface area contributed by atoms with Gasteiger partial charge in [0.2, 0.25) is 5.13 Å². The summed E-state index contributed by atoms with van der Waals surface area (Å²) in [6.07, 6.45) is 2.06. The van der Waals surface area contributed by atoms with Gasteiger partial charge in [-0.15, -0.1) is 10.2 Å². The van der Waals surface area contributed by atoms with Gasteiger partial charge in [0.15, 0.2) is 0 Å². The first-order chi connectivity index (χ1) is 8.70. The first-order valence-corrected chi connectivity index (χ1v) is 6.84. The highest BCUT2D eigenvalue weighted by molar-refractivity contribution is 7.15. The van der Waals surface area contributed by atoms with E-state index in [-0.39, 0.29) is 5.82 Å². The van der Waals surface area contributed by atoms with E-state index in [0.29, 0.717) is 12.0 Å². The number of nitrogens with zero attached hydrogens (tertiary/aromatic N) is 2. The summed E-state index contributed by atoms with van der Waals surface area (Å²) in [6.45, 7) is 1.94. The van der Waals surface area contributed by atoms with Crippen LogP contribution in [0.3, 0.4) is 0 Å². The van der Waals surface area contributed by atoms with Crippen molar-refractivity contribution in [3.63, 3.8) is 0 Å². The maximum atomic E-state index is 13.1. The predicted molar refractivity (Wildman–Crippen MR) is 70.4 cm³/mol. The van der Waals surface area contributed by atoms with Gasteiger partial charge >= 0.3 is 0 Å². The molecule has 94 valence electrons. The van der Waals surface area contributed by atoms with Crippen molar-refractivity contribution in [1.82, 2.24) is 10.2 Å². The largest absolute Gasteiger partial charge is 0.357 e. The Balaban J connectivity index is 1.57. The van der Waals surface area contributed by atoms with Crippen molar-refractivity contribution in [1.29, 1.82) is 0 Å². The molecule has 1 aromatic heterocycles. The number of hydrogen-bond donors (Lipinski definition) is 1. The van der Waals surface area contributed by atoms with E-state index < -0.39 is 0 Å². The number of nitrogens with one attached hydrogen (secondary N) is 1. The minimum Gasteiger partial charge on any atom is -0.357 e. The molecular formula is C13H14FN3S. The lowest BCUT2D eigenvalue weighted by Gasteiger charge is -2.36. The molecule has 1 heterocycles. The highest BCUT2D eigenvalue weighted by Crippen LogP contribution is 2.38. The van der Waals surface area contributed by atoms with Crippen LogP contribution in [0.15, 0.2) is 24.3 Å². The average molecular weight is 263 g/mol. The number of aromatic nitrogens is 2. The van der Waals surface area contributed by atoms with Gasteiger partial charge in [-0.2, -0.15) is 0 Å². The highest BCUT2D eigenvalue weighted by atomic mass is 32.1. The zero-order valence-electron chi connectivity index (χ0n) is 10.1. The van der Waals surface area contributed by atoms with Gasteiger partial charge in [0, 0.05) is 6.04 Å². The molecule has 0 aliphatic heterocycles. The van der Waals surface area contributed by atoms with Gasteiger partial charge in [0.1, 0.15) is 10.8 Å². The minimum atomic E-state index is -0.149. The Morgan fingerprint density at radius 1 is 1.33 bits per heavy atom. The van der Waals surface area contributed by atoms with Crippen LogP contribution in [0.25, 0.3) is 0 Å². The molecule has 3 nitrogen and oxygen atoms in total. The number of aryl methyl sites for hydroxylation is 1. The van der Waals surface area contributed by atoms with Gasteiger partial charge in [0.05, 0.1) is 0 Å².